The minimum atomic E-state index is -2.79. The third-order valence-corrected chi connectivity index (χ3v) is 8.23. The number of hydrogen-bond donors (Lipinski definition) is 3. The van der Waals surface area contributed by atoms with Crippen molar-refractivity contribution >= 4 is 17.6 Å². The van der Waals surface area contributed by atoms with Crippen LogP contribution in [0, 0.1) is 29.1 Å². The molecule has 31 heavy (non-hydrogen) atoms. The van der Waals surface area contributed by atoms with E-state index >= 15 is 0 Å². The molecule has 7 nitrogen and oxygen atoms in total. The zero-order valence-corrected chi connectivity index (χ0v) is 18.1. The van der Waals surface area contributed by atoms with Crippen molar-refractivity contribution in [2.75, 3.05) is 19.6 Å². The van der Waals surface area contributed by atoms with Gasteiger partial charge in [0.05, 0.1) is 18.4 Å². The fraction of sp³-hybridized carbons (Fsp3) is 0.864. The predicted octanol–water partition coefficient (Wildman–Crippen LogP) is 1.94. The molecule has 4 fully saturated rings. The number of nitrogens with one attached hydrogen (secondary N) is 1. The van der Waals surface area contributed by atoms with Gasteiger partial charge in [0.1, 0.15) is 0 Å². The first kappa shape index (κ1) is 22.4. The van der Waals surface area contributed by atoms with Crippen LogP contribution in [-0.4, -0.2) is 65.1 Å². The fourth-order valence-electron chi connectivity index (χ4n) is 6.39. The summed E-state index contributed by atoms with van der Waals surface area (Å²) in [5.74, 6) is -2.33. The summed E-state index contributed by atoms with van der Waals surface area (Å²) in [4.78, 5) is 28.4. The molecule has 0 radical (unpaired) electrons. The van der Waals surface area contributed by atoms with Crippen molar-refractivity contribution in [3.8, 4) is 0 Å². The summed E-state index contributed by atoms with van der Waals surface area (Å²) in [6, 6.07) is -0.211. The average Bonchev–Trinajstić information content (AvgIpc) is 3.27. The number of fused-ring (bicyclic) bond motifs is 1. The van der Waals surface area contributed by atoms with E-state index in [-0.39, 0.29) is 54.5 Å². The van der Waals surface area contributed by atoms with E-state index in [1.54, 1.807) is 0 Å². The van der Waals surface area contributed by atoms with Crippen LogP contribution in [0.15, 0.2) is 0 Å². The molecule has 0 aromatic rings. The van der Waals surface area contributed by atoms with Crippen molar-refractivity contribution in [1.29, 1.82) is 5.41 Å². The number of carbonyl (C=O) groups is 2. The lowest BCUT2D eigenvalue weighted by atomic mass is 9.77. The summed E-state index contributed by atoms with van der Waals surface area (Å²) in [5, 5.41) is 7.89. The minimum absolute atomic E-state index is 0.0271. The van der Waals surface area contributed by atoms with Crippen LogP contribution in [0.2, 0.25) is 0 Å². The van der Waals surface area contributed by atoms with Crippen LogP contribution in [0.5, 0.6) is 0 Å². The molecule has 0 spiro atoms. The number of amidine groups is 1. The summed E-state index contributed by atoms with van der Waals surface area (Å²) in [6.07, 6.45) is 6.30. The van der Waals surface area contributed by atoms with Gasteiger partial charge in [-0.2, -0.15) is 0 Å². The second-order valence-electron chi connectivity index (χ2n) is 10.2. The fourth-order valence-corrected chi connectivity index (χ4v) is 6.39. The second-order valence-corrected chi connectivity index (χ2v) is 10.2. The van der Waals surface area contributed by atoms with E-state index < -0.39 is 12.5 Å². The number of carbonyl (C=O) groups excluding carboxylic acids is 2. The summed E-state index contributed by atoms with van der Waals surface area (Å²) < 4.78 is 27.5. The van der Waals surface area contributed by atoms with E-state index in [2.05, 4.69) is 4.90 Å². The van der Waals surface area contributed by atoms with E-state index in [9.17, 15) is 18.4 Å². The molecule has 0 aromatic heterocycles. The molecule has 2 saturated carbocycles. The lowest BCUT2D eigenvalue weighted by Gasteiger charge is -2.40. The molecular weight excluding hydrogens is 404 g/mol. The average molecular weight is 440 g/mol. The van der Waals surface area contributed by atoms with E-state index in [0.29, 0.717) is 18.3 Å². The van der Waals surface area contributed by atoms with Crippen LogP contribution in [-0.2, 0) is 9.59 Å². The molecule has 9 heteroatoms. The molecule has 4 rings (SSSR count). The molecule has 4 atom stereocenters. The molecule has 174 valence electrons. The Bertz CT molecular complexity index is 725. The summed E-state index contributed by atoms with van der Waals surface area (Å²) >= 11 is 0. The summed E-state index contributed by atoms with van der Waals surface area (Å²) in [5.41, 5.74) is 11.3. The standard InChI is InChI=1S/C22H35F2N5O2/c23-22(24)7-8-28(12-22)21(31)18-9-15-5-6-16(19(25)26)10-17(15)29(18)11-13-1-3-14(4-2-13)20(27)30/h13-18H,1-12H2,(H3,25,26)(H2,27,30). The van der Waals surface area contributed by atoms with Gasteiger partial charge in [0.25, 0.3) is 5.92 Å². The quantitative estimate of drug-likeness (QED) is 0.448. The number of primary amides is 1. The Morgan fingerprint density at radius 2 is 1.68 bits per heavy atom. The molecule has 2 aliphatic carbocycles. The highest BCUT2D eigenvalue weighted by molar-refractivity contribution is 5.83. The number of amides is 2. The van der Waals surface area contributed by atoms with Crippen LogP contribution in [0.4, 0.5) is 8.78 Å². The maximum atomic E-state index is 13.8. The maximum absolute atomic E-state index is 13.8. The molecule has 5 N–H and O–H groups in total. The Labute approximate surface area is 182 Å². The molecule has 2 saturated heterocycles. The monoisotopic (exact) mass is 439 g/mol. The molecule has 2 heterocycles. The normalized spacial score (nSPS) is 38.1. The highest BCUT2D eigenvalue weighted by atomic mass is 19.3. The maximum Gasteiger partial charge on any atom is 0.267 e. The van der Waals surface area contributed by atoms with E-state index in [1.165, 1.54) is 4.90 Å². The van der Waals surface area contributed by atoms with Crippen LogP contribution >= 0.6 is 0 Å². The smallest absolute Gasteiger partial charge is 0.267 e. The number of nitrogens with two attached hydrogens (primary N) is 2. The van der Waals surface area contributed by atoms with Crippen molar-refractivity contribution in [3.63, 3.8) is 0 Å². The van der Waals surface area contributed by atoms with Gasteiger partial charge in [0.2, 0.25) is 11.8 Å². The zero-order chi connectivity index (χ0) is 22.3. The van der Waals surface area contributed by atoms with Crippen molar-refractivity contribution < 1.29 is 18.4 Å². The van der Waals surface area contributed by atoms with Crippen LogP contribution in [0.3, 0.4) is 0 Å². The Balaban J connectivity index is 1.49. The lowest BCUT2D eigenvalue weighted by Crippen LogP contribution is -2.51. The van der Waals surface area contributed by atoms with Gasteiger partial charge in [-0.1, -0.05) is 0 Å². The van der Waals surface area contributed by atoms with Crippen LogP contribution in [0.1, 0.15) is 57.8 Å². The van der Waals surface area contributed by atoms with Gasteiger partial charge in [-0.3, -0.25) is 19.9 Å². The third kappa shape index (κ3) is 4.71. The molecule has 0 bridgehead atoms. The van der Waals surface area contributed by atoms with Crippen molar-refractivity contribution in [2.24, 2.45) is 35.1 Å². The Hall–Kier alpha value is -1.77. The van der Waals surface area contributed by atoms with E-state index in [0.717, 1.165) is 51.5 Å². The largest absolute Gasteiger partial charge is 0.387 e. The molecule has 0 aromatic carbocycles. The number of alkyl halides is 2. The van der Waals surface area contributed by atoms with Crippen molar-refractivity contribution in [1.82, 2.24) is 9.80 Å². The molecule has 4 aliphatic rings. The van der Waals surface area contributed by atoms with Gasteiger partial charge in [-0.25, -0.2) is 8.78 Å². The molecule has 2 amide bonds. The first-order valence-electron chi connectivity index (χ1n) is 11.7. The Morgan fingerprint density at radius 3 is 2.26 bits per heavy atom. The van der Waals surface area contributed by atoms with E-state index in [1.807, 2.05) is 0 Å². The first-order valence-corrected chi connectivity index (χ1v) is 11.7. The third-order valence-electron chi connectivity index (χ3n) is 8.23. The van der Waals surface area contributed by atoms with Gasteiger partial charge in [0.15, 0.2) is 0 Å². The van der Waals surface area contributed by atoms with Gasteiger partial charge in [0, 0.05) is 37.4 Å². The predicted molar refractivity (Wildman–Crippen MR) is 112 cm³/mol. The topological polar surface area (TPSA) is 117 Å². The second kappa shape index (κ2) is 8.64. The van der Waals surface area contributed by atoms with E-state index in [4.69, 9.17) is 16.9 Å². The Morgan fingerprint density at radius 1 is 1.00 bits per heavy atom. The Kier molecular flexibility index (Phi) is 6.25. The zero-order valence-electron chi connectivity index (χ0n) is 18.1. The summed E-state index contributed by atoms with van der Waals surface area (Å²) in [6.45, 7) is 0.370. The van der Waals surface area contributed by atoms with Crippen LogP contribution < -0.4 is 11.5 Å². The highest BCUT2D eigenvalue weighted by Gasteiger charge is 2.50. The molecule has 2 aliphatic heterocycles. The SMILES string of the molecule is N=C(N)C1CCC2CC(C(=O)N3CCC(F)(F)C3)N(CC3CCC(C(N)=O)CC3)C2C1. The summed E-state index contributed by atoms with van der Waals surface area (Å²) in [7, 11) is 0. The number of hydrogen-bond acceptors (Lipinski definition) is 4. The number of nitrogens with zero attached hydrogens (tertiary/aromatic N) is 2. The molecule has 4 unspecified atom stereocenters. The lowest BCUT2D eigenvalue weighted by molar-refractivity contribution is -0.137. The van der Waals surface area contributed by atoms with Gasteiger partial charge in [-0.05, 0) is 63.2 Å². The number of rotatable bonds is 5. The minimum Gasteiger partial charge on any atom is -0.387 e. The van der Waals surface area contributed by atoms with Crippen molar-refractivity contribution in [3.05, 3.63) is 0 Å². The highest BCUT2D eigenvalue weighted by Crippen LogP contribution is 2.44. The van der Waals surface area contributed by atoms with Crippen LogP contribution in [0.25, 0.3) is 0 Å². The number of halogens is 2. The van der Waals surface area contributed by atoms with Gasteiger partial charge >= 0.3 is 0 Å². The molecular formula is C22H35F2N5O2. The van der Waals surface area contributed by atoms with Gasteiger partial charge in [-0.15, -0.1) is 0 Å². The van der Waals surface area contributed by atoms with Gasteiger partial charge < -0.3 is 16.4 Å². The first-order chi connectivity index (χ1) is 14.6. The number of likely N-dealkylation sites (tertiary alicyclic amines) is 2. The van der Waals surface area contributed by atoms with Crippen molar-refractivity contribution in [2.45, 2.75) is 75.8 Å².